The third kappa shape index (κ3) is 4.43. The lowest BCUT2D eigenvalue weighted by Gasteiger charge is -2.28. The van der Waals surface area contributed by atoms with Gasteiger partial charge in [0, 0.05) is 29.9 Å². The highest BCUT2D eigenvalue weighted by atomic mass is 32.2. The Bertz CT molecular complexity index is 972. The van der Waals surface area contributed by atoms with E-state index in [4.69, 9.17) is 4.74 Å². The van der Waals surface area contributed by atoms with Gasteiger partial charge in [-0.2, -0.15) is 0 Å². The maximum atomic E-state index is 12.4. The molecular weight excluding hydrogens is 372 g/mol. The molecule has 0 bridgehead atoms. The molecule has 6 nitrogen and oxygen atoms in total. The Morgan fingerprint density at radius 2 is 1.86 bits per heavy atom. The first-order chi connectivity index (χ1) is 13.7. The van der Waals surface area contributed by atoms with Crippen LogP contribution in [-0.2, 0) is 9.53 Å². The second-order valence-electron chi connectivity index (χ2n) is 6.58. The van der Waals surface area contributed by atoms with Gasteiger partial charge in [-0.05, 0) is 37.3 Å². The first-order valence-corrected chi connectivity index (χ1v) is 10.3. The maximum absolute atomic E-state index is 12.4. The maximum Gasteiger partial charge on any atom is 0.234 e. The van der Waals surface area contributed by atoms with Crippen molar-refractivity contribution in [3.8, 4) is 0 Å². The summed E-state index contributed by atoms with van der Waals surface area (Å²) in [5.74, 6) is 0.954. The number of aryl methyl sites for hydroxylation is 1. The van der Waals surface area contributed by atoms with Crippen molar-refractivity contribution in [3.63, 3.8) is 0 Å². The van der Waals surface area contributed by atoms with Gasteiger partial charge in [-0.15, -0.1) is 0 Å². The van der Waals surface area contributed by atoms with Gasteiger partial charge in [0.2, 0.25) is 5.91 Å². The highest BCUT2D eigenvalue weighted by molar-refractivity contribution is 8.00. The summed E-state index contributed by atoms with van der Waals surface area (Å²) >= 11 is 1.43. The number of carbonyl (C=O) groups is 1. The number of nitrogens with one attached hydrogen (secondary N) is 1. The van der Waals surface area contributed by atoms with Crippen LogP contribution in [0.4, 0.5) is 11.4 Å². The zero-order valence-corrected chi connectivity index (χ0v) is 16.5. The number of nitrogens with zero attached hydrogens (tertiary/aromatic N) is 3. The highest BCUT2D eigenvalue weighted by Gasteiger charge is 2.12. The number of ether oxygens (including phenoxy) is 1. The molecule has 144 valence electrons. The number of benzene rings is 2. The number of hydrogen-bond donors (Lipinski definition) is 1. The molecule has 1 aliphatic rings. The van der Waals surface area contributed by atoms with E-state index in [1.807, 2.05) is 55.5 Å². The molecule has 28 heavy (non-hydrogen) atoms. The number of carbonyl (C=O) groups excluding carboxylic acids is 1. The van der Waals surface area contributed by atoms with E-state index in [0.29, 0.717) is 11.6 Å². The molecule has 2 aromatic carbocycles. The zero-order valence-electron chi connectivity index (χ0n) is 15.7. The average molecular weight is 395 g/mol. The van der Waals surface area contributed by atoms with Crippen LogP contribution in [0, 0.1) is 6.92 Å². The lowest BCUT2D eigenvalue weighted by molar-refractivity contribution is -0.113. The van der Waals surface area contributed by atoms with Crippen LogP contribution in [0.15, 0.2) is 53.6 Å². The predicted molar refractivity (Wildman–Crippen MR) is 113 cm³/mol. The number of para-hydroxylation sites is 1. The van der Waals surface area contributed by atoms with Gasteiger partial charge in [0.05, 0.1) is 24.5 Å². The molecule has 1 amide bonds. The number of aromatic nitrogens is 2. The number of morpholine rings is 1. The van der Waals surface area contributed by atoms with E-state index in [9.17, 15) is 4.79 Å². The van der Waals surface area contributed by atoms with Crippen LogP contribution in [-0.4, -0.2) is 47.9 Å². The van der Waals surface area contributed by atoms with E-state index in [0.717, 1.165) is 53.6 Å². The molecule has 2 heterocycles. The van der Waals surface area contributed by atoms with Gasteiger partial charge in [-0.1, -0.05) is 30.0 Å². The Labute approximate surface area is 168 Å². The van der Waals surface area contributed by atoms with Crippen molar-refractivity contribution in [1.82, 2.24) is 9.97 Å². The standard InChI is InChI=1S/C21H22N4O2S/c1-15-22-19-5-3-2-4-18(19)21(23-15)28-14-20(26)24-16-6-8-17(9-7-16)25-10-12-27-13-11-25/h2-9H,10-14H2,1H3,(H,24,26). The van der Waals surface area contributed by atoms with Crippen LogP contribution in [0.25, 0.3) is 10.9 Å². The van der Waals surface area contributed by atoms with Gasteiger partial charge in [-0.3, -0.25) is 4.79 Å². The Morgan fingerprint density at radius 1 is 1.11 bits per heavy atom. The average Bonchev–Trinajstić information content (AvgIpc) is 2.73. The van der Waals surface area contributed by atoms with Crippen molar-refractivity contribution in [2.24, 2.45) is 0 Å². The van der Waals surface area contributed by atoms with Gasteiger partial charge < -0.3 is 15.0 Å². The minimum Gasteiger partial charge on any atom is -0.378 e. The van der Waals surface area contributed by atoms with E-state index >= 15 is 0 Å². The Hall–Kier alpha value is -2.64. The van der Waals surface area contributed by atoms with Crippen LogP contribution >= 0.6 is 11.8 Å². The molecule has 0 atom stereocenters. The smallest absolute Gasteiger partial charge is 0.234 e. The van der Waals surface area contributed by atoms with E-state index in [2.05, 4.69) is 20.2 Å². The van der Waals surface area contributed by atoms with Crippen molar-refractivity contribution in [2.45, 2.75) is 11.9 Å². The summed E-state index contributed by atoms with van der Waals surface area (Å²) in [5, 5.41) is 4.77. The van der Waals surface area contributed by atoms with Crippen LogP contribution in [0.5, 0.6) is 0 Å². The van der Waals surface area contributed by atoms with E-state index in [-0.39, 0.29) is 5.91 Å². The second kappa shape index (κ2) is 8.58. The van der Waals surface area contributed by atoms with Gasteiger partial charge in [-0.25, -0.2) is 9.97 Å². The zero-order chi connectivity index (χ0) is 19.3. The molecule has 0 aliphatic carbocycles. The molecule has 3 aromatic rings. The minimum absolute atomic E-state index is 0.0514. The number of thioether (sulfide) groups is 1. The number of anilines is 2. The van der Waals surface area contributed by atoms with Crippen molar-refractivity contribution >= 4 is 39.9 Å². The molecule has 4 rings (SSSR count). The van der Waals surface area contributed by atoms with Crippen LogP contribution in [0.3, 0.4) is 0 Å². The summed E-state index contributed by atoms with van der Waals surface area (Å²) in [6, 6.07) is 15.8. The predicted octanol–water partition coefficient (Wildman–Crippen LogP) is 3.51. The molecular formula is C21H22N4O2S. The largest absolute Gasteiger partial charge is 0.378 e. The molecule has 1 aromatic heterocycles. The summed E-state index contributed by atoms with van der Waals surface area (Å²) in [6.07, 6.45) is 0. The van der Waals surface area contributed by atoms with Crippen molar-refractivity contribution in [1.29, 1.82) is 0 Å². The van der Waals surface area contributed by atoms with Gasteiger partial charge in [0.25, 0.3) is 0 Å². The fourth-order valence-electron chi connectivity index (χ4n) is 3.18. The second-order valence-corrected chi connectivity index (χ2v) is 7.54. The monoisotopic (exact) mass is 394 g/mol. The molecule has 0 unspecified atom stereocenters. The quantitative estimate of drug-likeness (QED) is 0.528. The van der Waals surface area contributed by atoms with Crippen LogP contribution in [0.2, 0.25) is 0 Å². The Morgan fingerprint density at radius 3 is 2.64 bits per heavy atom. The molecule has 7 heteroatoms. The summed E-state index contributed by atoms with van der Waals surface area (Å²) in [5.41, 5.74) is 2.85. The Balaban J connectivity index is 1.37. The minimum atomic E-state index is -0.0514. The van der Waals surface area contributed by atoms with E-state index < -0.39 is 0 Å². The van der Waals surface area contributed by atoms with E-state index in [1.165, 1.54) is 11.8 Å². The molecule has 1 N–H and O–H groups in total. The van der Waals surface area contributed by atoms with Crippen LogP contribution in [0.1, 0.15) is 5.82 Å². The first-order valence-electron chi connectivity index (χ1n) is 9.28. The van der Waals surface area contributed by atoms with Gasteiger partial charge >= 0.3 is 0 Å². The number of fused-ring (bicyclic) bond motifs is 1. The number of amides is 1. The topological polar surface area (TPSA) is 67.4 Å². The molecule has 0 radical (unpaired) electrons. The molecule has 1 saturated heterocycles. The van der Waals surface area contributed by atoms with Crippen molar-refractivity contribution in [3.05, 3.63) is 54.4 Å². The third-order valence-electron chi connectivity index (χ3n) is 4.55. The summed E-state index contributed by atoms with van der Waals surface area (Å²) < 4.78 is 5.39. The molecule has 0 spiro atoms. The number of hydrogen-bond acceptors (Lipinski definition) is 6. The molecule has 1 fully saturated rings. The fourth-order valence-corrected chi connectivity index (χ4v) is 4.04. The van der Waals surface area contributed by atoms with Gasteiger partial charge in [0.15, 0.2) is 0 Å². The number of rotatable bonds is 5. The summed E-state index contributed by atoms with van der Waals surface area (Å²) in [6.45, 7) is 5.18. The summed E-state index contributed by atoms with van der Waals surface area (Å²) in [7, 11) is 0. The van der Waals surface area contributed by atoms with Crippen molar-refractivity contribution in [2.75, 3.05) is 42.3 Å². The SMILES string of the molecule is Cc1nc(SCC(=O)Nc2ccc(N3CCOCC3)cc2)c2ccccc2n1. The first kappa shape index (κ1) is 18.7. The van der Waals surface area contributed by atoms with Crippen LogP contribution < -0.4 is 10.2 Å². The Kier molecular flexibility index (Phi) is 5.73. The molecule has 1 aliphatic heterocycles. The normalized spacial score (nSPS) is 14.2. The van der Waals surface area contributed by atoms with E-state index in [1.54, 1.807) is 0 Å². The lowest BCUT2D eigenvalue weighted by Crippen LogP contribution is -2.36. The molecule has 0 saturated carbocycles. The highest BCUT2D eigenvalue weighted by Crippen LogP contribution is 2.25. The fraction of sp³-hybridized carbons (Fsp3) is 0.286. The third-order valence-corrected chi connectivity index (χ3v) is 5.54. The lowest BCUT2D eigenvalue weighted by atomic mass is 10.2. The van der Waals surface area contributed by atoms with Gasteiger partial charge in [0.1, 0.15) is 10.9 Å². The van der Waals surface area contributed by atoms with Crippen molar-refractivity contribution < 1.29 is 9.53 Å². The summed E-state index contributed by atoms with van der Waals surface area (Å²) in [4.78, 5) is 23.6.